The largest absolute Gasteiger partial charge is 0.456 e. The van der Waals surface area contributed by atoms with Gasteiger partial charge in [-0.3, -0.25) is 4.79 Å². The van der Waals surface area contributed by atoms with Crippen LogP contribution in [0, 0.1) is 12.8 Å². The second-order valence-electron chi connectivity index (χ2n) is 4.49. The van der Waals surface area contributed by atoms with Gasteiger partial charge in [0.25, 0.3) is 5.91 Å². The highest BCUT2D eigenvalue weighted by molar-refractivity contribution is 5.91. The van der Waals surface area contributed by atoms with Crippen LogP contribution < -0.4 is 0 Å². The number of piperidine rings is 1. The minimum atomic E-state index is -0.289. The molecule has 0 saturated carbocycles. The second kappa shape index (κ2) is 4.29. The lowest BCUT2D eigenvalue weighted by molar-refractivity contribution is 0.0279. The summed E-state index contributed by atoms with van der Waals surface area (Å²) in [7, 11) is 0. The molecule has 2 heterocycles. The van der Waals surface area contributed by atoms with Gasteiger partial charge in [0.1, 0.15) is 5.76 Å². The van der Waals surface area contributed by atoms with Crippen LogP contribution in [0.4, 0.5) is 0 Å². The van der Waals surface area contributed by atoms with Gasteiger partial charge < -0.3 is 14.4 Å². The first kappa shape index (κ1) is 11.2. The molecule has 1 aromatic heterocycles. The van der Waals surface area contributed by atoms with Gasteiger partial charge >= 0.3 is 0 Å². The molecule has 16 heavy (non-hydrogen) atoms. The van der Waals surface area contributed by atoms with E-state index >= 15 is 0 Å². The number of aliphatic hydroxyl groups excluding tert-OH is 1. The highest BCUT2D eigenvalue weighted by Crippen LogP contribution is 2.19. The molecule has 1 fully saturated rings. The number of furan rings is 1. The number of amides is 1. The Labute approximate surface area is 94.9 Å². The summed E-state index contributed by atoms with van der Waals surface area (Å²) in [4.78, 5) is 13.8. The first-order valence-electron chi connectivity index (χ1n) is 5.61. The molecule has 2 unspecified atom stereocenters. The summed E-state index contributed by atoms with van der Waals surface area (Å²) in [5, 5.41) is 9.59. The zero-order valence-corrected chi connectivity index (χ0v) is 9.64. The van der Waals surface area contributed by atoms with E-state index in [4.69, 9.17) is 4.42 Å². The van der Waals surface area contributed by atoms with Crippen molar-refractivity contribution < 1.29 is 14.3 Å². The number of hydrogen-bond donors (Lipinski definition) is 1. The van der Waals surface area contributed by atoms with Gasteiger partial charge in [-0.05, 0) is 31.4 Å². The van der Waals surface area contributed by atoms with Crippen molar-refractivity contribution in [2.45, 2.75) is 26.4 Å². The smallest absolute Gasteiger partial charge is 0.289 e. The van der Waals surface area contributed by atoms with Crippen LogP contribution >= 0.6 is 0 Å². The average Bonchev–Trinajstić information content (AvgIpc) is 2.68. The lowest BCUT2D eigenvalue weighted by Crippen LogP contribution is -2.44. The molecular formula is C12H17NO3. The molecule has 1 N–H and O–H groups in total. The van der Waals surface area contributed by atoms with Crippen molar-refractivity contribution in [2.24, 2.45) is 5.92 Å². The summed E-state index contributed by atoms with van der Waals surface area (Å²) in [5.41, 5.74) is 0. The van der Waals surface area contributed by atoms with E-state index < -0.39 is 0 Å². The number of likely N-dealkylation sites (tertiary alicyclic amines) is 1. The minimum absolute atomic E-state index is 0.0770. The van der Waals surface area contributed by atoms with E-state index in [1.807, 2.05) is 13.8 Å². The quantitative estimate of drug-likeness (QED) is 0.783. The maximum atomic E-state index is 12.0. The van der Waals surface area contributed by atoms with Gasteiger partial charge in [0.2, 0.25) is 0 Å². The first-order valence-corrected chi connectivity index (χ1v) is 5.61. The highest BCUT2D eigenvalue weighted by atomic mass is 16.3. The molecule has 88 valence electrons. The van der Waals surface area contributed by atoms with Crippen LogP contribution in [0.15, 0.2) is 16.5 Å². The first-order chi connectivity index (χ1) is 7.58. The highest BCUT2D eigenvalue weighted by Gasteiger charge is 2.28. The summed E-state index contributed by atoms with van der Waals surface area (Å²) < 4.78 is 5.31. The van der Waals surface area contributed by atoms with Gasteiger partial charge in [-0.1, -0.05) is 6.92 Å². The molecule has 2 rings (SSSR count). The van der Waals surface area contributed by atoms with E-state index in [-0.39, 0.29) is 17.9 Å². The Morgan fingerprint density at radius 1 is 1.56 bits per heavy atom. The monoisotopic (exact) mass is 223 g/mol. The Balaban J connectivity index is 2.06. The number of carbonyl (C=O) groups is 1. The van der Waals surface area contributed by atoms with E-state index in [0.717, 1.165) is 5.76 Å². The summed E-state index contributed by atoms with van der Waals surface area (Å²) >= 11 is 0. The van der Waals surface area contributed by atoms with Crippen molar-refractivity contribution in [1.29, 1.82) is 0 Å². The van der Waals surface area contributed by atoms with Crippen LogP contribution in [0.2, 0.25) is 0 Å². The lowest BCUT2D eigenvalue weighted by atomic mass is 9.96. The third kappa shape index (κ3) is 2.11. The summed E-state index contributed by atoms with van der Waals surface area (Å²) in [6.07, 6.45) is 0.356. The van der Waals surface area contributed by atoms with Gasteiger partial charge in [-0.2, -0.15) is 0 Å². The van der Waals surface area contributed by atoms with Crippen molar-refractivity contribution >= 4 is 5.91 Å². The molecule has 0 radical (unpaired) electrons. The molecule has 0 aromatic carbocycles. The number of carbonyl (C=O) groups excluding carboxylic acids is 1. The average molecular weight is 223 g/mol. The number of nitrogens with zero attached hydrogens (tertiary/aromatic N) is 1. The topological polar surface area (TPSA) is 53.7 Å². The number of aryl methyl sites for hydroxylation is 1. The normalized spacial score (nSPS) is 25.8. The van der Waals surface area contributed by atoms with Crippen molar-refractivity contribution in [2.75, 3.05) is 13.1 Å². The summed E-state index contributed by atoms with van der Waals surface area (Å²) in [6.45, 7) is 4.97. The van der Waals surface area contributed by atoms with E-state index in [0.29, 0.717) is 25.3 Å². The van der Waals surface area contributed by atoms with Crippen LogP contribution in [0.1, 0.15) is 29.7 Å². The Bertz CT molecular complexity index is 385. The van der Waals surface area contributed by atoms with Crippen molar-refractivity contribution in [3.05, 3.63) is 23.7 Å². The standard InChI is InChI=1S/C12H17NO3/c1-8-7-13(6-5-10(8)14)12(15)11-4-3-9(2)16-11/h3-4,8,10,14H,5-7H2,1-2H3. The van der Waals surface area contributed by atoms with E-state index in [1.165, 1.54) is 0 Å². The molecular weight excluding hydrogens is 206 g/mol. The molecule has 1 aliphatic rings. The SMILES string of the molecule is Cc1ccc(C(=O)N2CCC(O)C(C)C2)o1. The number of rotatable bonds is 1. The Kier molecular flexibility index (Phi) is 3.01. The van der Waals surface area contributed by atoms with Crippen LogP contribution in [0.25, 0.3) is 0 Å². The van der Waals surface area contributed by atoms with Crippen molar-refractivity contribution in [3.63, 3.8) is 0 Å². The molecule has 4 nitrogen and oxygen atoms in total. The van der Waals surface area contributed by atoms with Crippen molar-refractivity contribution in [1.82, 2.24) is 4.90 Å². The maximum absolute atomic E-state index is 12.0. The Hall–Kier alpha value is -1.29. The molecule has 0 aliphatic carbocycles. The predicted octanol–water partition coefficient (Wildman–Crippen LogP) is 1.43. The van der Waals surface area contributed by atoms with Gasteiger partial charge in [-0.25, -0.2) is 0 Å². The Morgan fingerprint density at radius 3 is 2.88 bits per heavy atom. The summed E-state index contributed by atoms with van der Waals surface area (Å²) in [5.74, 6) is 1.19. The predicted molar refractivity (Wildman–Crippen MR) is 59.1 cm³/mol. The van der Waals surface area contributed by atoms with E-state index in [1.54, 1.807) is 17.0 Å². The van der Waals surface area contributed by atoms with Gasteiger partial charge in [0.05, 0.1) is 6.10 Å². The molecule has 1 aromatic rings. The maximum Gasteiger partial charge on any atom is 0.289 e. The fourth-order valence-corrected chi connectivity index (χ4v) is 2.02. The molecule has 1 saturated heterocycles. The van der Waals surface area contributed by atoms with Gasteiger partial charge in [-0.15, -0.1) is 0 Å². The van der Waals surface area contributed by atoms with E-state index in [2.05, 4.69) is 0 Å². The third-order valence-corrected chi connectivity index (χ3v) is 3.10. The van der Waals surface area contributed by atoms with Crippen LogP contribution in [-0.4, -0.2) is 35.1 Å². The number of aliphatic hydroxyl groups is 1. The number of hydrogen-bond acceptors (Lipinski definition) is 3. The molecule has 4 heteroatoms. The molecule has 0 bridgehead atoms. The lowest BCUT2D eigenvalue weighted by Gasteiger charge is -2.33. The molecule has 2 atom stereocenters. The summed E-state index contributed by atoms with van der Waals surface area (Å²) in [6, 6.07) is 3.49. The van der Waals surface area contributed by atoms with Crippen LogP contribution in [0.5, 0.6) is 0 Å². The van der Waals surface area contributed by atoms with Gasteiger partial charge in [0, 0.05) is 13.1 Å². The third-order valence-electron chi connectivity index (χ3n) is 3.10. The molecule has 1 aliphatic heterocycles. The fraction of sp³-hybridized carbons (Fsp3) is 0.583. The Morgan fingerprint density at radius 2 is 2.31 bits per heavy atom. The van der Waals surface area contributed by atoms with Gasteiger partial charge in [0.15, 0.2) is 5.76 Å². The van der Waals surface area contributed by atoms with E-state index in [9.17, 15) is 9.90 Å². The molecule has 1 amide bonds. The second-order valence-corrected chi connectivity index (χ2v) is 4.49. The molecule has 0 spiro atoms. The van der Waals surface area contributed by atoms with Crippen LogP contribution in [-0.2, 0) is 0 Å². The van der Waals surface area contributed by atoms with Crippen LogP contribution in [0.3, 0.4) is 0 Å². The zero-order chi connectivity index (χ0) is 11.7. The fourth-order valence-electron chi connectivity index (χ4n) is 2.02. The zero-order valence-electron chi connectivity index (χ0n) is 9.64. The van der Waals surface area contributed by atoms with Crippen molar-refractivity contribution in [3.8, 4) is 0 Å². The minimum Gasteiger partial charge on any atom is -0.456 e.